The van der Waals surface area contributed by atoms with Gasteiger partial charge in [0.05, 0.1) is 13.2 Å². The Labute approximate surface area is 179 Å². The summed E-state index contributed by atoms with van der Waals surface area (Å²) in [6.07, 6.45) is 21.6. The molecule has 0 aromatic heterocycles. The molecule has 0 bridgehead atoms. The quantitative estimate of drug-likeness (QED) is 0.287. The Kier molecular flexibility index (Phi) is 9.54. The molecule has 1 nitrogen and oxygen atoms in total. The van der Waals surface area contributed by atoms with Gasteiger partial charge in [0.1, 0.15) is 0 Å². The van der Waals surface area contributed by atoms with Gasteiger partial charge < -0.3 is 4.74 Å². The molecule has 0 saturated heterocycles. The summed E-state index contributed by atoms with van der Waals surface area (Å²) in [4.78, 5) is 0. The average molecular weight is 395 g/mol. The lowest BCUT2D eigenvalue weighted by atomic mass is 9.68. The molecule has 0 amide bonds. The van der Waals surface area contributed by atoms with E-state index in [-0.39, 0.29) is 0 Å². The van der Waals surface area contributed by atoms with E-state index < -0.39 is 0 Å². The van der Waals surface area contributed by atoms with Crippen LogP contribution < -0.4 is 0 Å². The predicted molar refractivity (Wildman–Crippen MR) is 125 cm³/mol. The molecule has 3 rings (SSSR count). The summed E-state index contributed by atoms with van der Waals surface area (Å²) in [5, 5.41) is 0. The molecule has 0 unspecified atom stereocenters. The summed E-state index contributed by atoms with van der Waals surface area (Å²) < 4.78 is 5.73. The minimum atomic E-state index is 0.718. The van der Waals surface area contributed by atoms with Gasteiger partial charge in [0.15, 0.2) is 0 Å². The third-order valence-electron chi connectivity index (χ3n) is 7.45. The third-order valence-corrected chi connectivity index (χ3v) is 7.45. The van der Waals surface area contributed by atoms with Gasteiger partial charge in [-0.3, -0.25) is 0 Å². The maximum atomic E-state index is 5.73. The van der Waals surface area contributed by atoms with Crippen LogP contribution in [0.5, 0.6) is 0 Å². The Morgan fingerprint density at radius 3 is 2.17 bits per heavy atom. The number of allylic oxidation sites excluding steroid dienone is 2. The van der Waals surface area contributed by atoms with Crippen LogP contribution in [-0.4, -0.2) is 6.61 Å². The van der Waals surface area contributed by atoms with Crippen LogP contribution >= 0.6 is 0 Å². The monoisotopic (exact) mass is 394 g/mol. The molecule has 2 aliphatic rings. The lowest BCUT2D eigenvalue weighted by Gasteiger charge is -2.38. The van der Waals surface area contributed by atoms with E-state index in [1.54, 1.807) is 5.56 Å². The van der Waals surface area contributed by atoms with E-state index >= 15 is 0 Å². The van der Waals surface area contributed by atoms with Crippen molar-refractivity contribution < 1.29 is 4.74 Å². The van der Waals surface area contributed by atoms with E-state index in [2.05, 4.69) is 56.0 Å². The molecule has 1 heteroatoms. The Bertz CT molecular complexity index is 598. The normalized spacial score (nSPS) is 27.9. The molecular formula is C28H42O. The van der Waals surface area contributed by atoms with Gasteiger partial charge >= 0.3 is 0 Å². The molecule has 0 N–H and O–H groups in total. The topological polar surface area (TPSA) is 9.23 Å². The summed E-state index contributed by atoms with van der Waals surface area (Å²) >= 11 is 0. The first-order valence-corrected chi connectivity index (χ1v) is 12.2. The number of ether oxygens (including phenoxy) is 1. The molecule has 1 aromatic rings. The SMILES string of the molecule is C=CCC[C@H]1CC[C@H](C2CCC(c3ccc(COCC=CCC)cc3)CC2)CC1. The van der Waals surface area contributed by atoms with Crippen LogP contribution in [0.1, 0.15) is 94.6 Å². The van der Waals surface area contributed by atoms with Crippen LogP contribution in [0.25, 0.3) is 0 Å². The fourth-order valence-corrected chi connectivity index (χ4v) is 5.59. The first-order valence-electron chi connectivity index (χ1n) is 12.2. The maximum absolute atomic E-state index is 5.73. The molecule has 2 saturated carbocycles. The standard InChI is InChI=1S/C28H42O/c1-3-5-7-21-29-22-24-11-15-26(16-12-24)28-19-17-27(18-20-28)25-13-9-23(10-14-25)8-6-4-2/h4-5,7,11-12,15-16,23,25,27-28H,2-3,6,8-10,13-14,17-22H2,1H3/t23-,25-,27?,28?. The Morgan fingerprint density at radius 1 is 0.897 bits per heavy atom. The van der Waals surface area contributed by atoms with Crippen molar-refractivity contribution in [2.24, 2.45) is 17.8 Å². The molecule has 1 aromatic carbocycles. The van der Waals surface area contributed by atoms with Crippen LogP contribution in [-0.2, 0) is 11.3 Å². The molecule has 2 fully saturated rings. The molecule has 0 spiro atoms. The van der Waals surface area contributed by atoms with Gasteiger partial charge in [-0.1, -0.05) is 62.3 Å². The van der Waals surface area contributed by atoms with Crippen LogP contribution in [0.4, 0.5) is 0 Å². The van der Waals surface area contributed by atoms with Crippen molar-refractivity contribution in [2.45, 2.75) is 90.1 Å². The second kappa shape index (κ2) is 12.4. The summed E-state index contributed by atoms with van der Waals surface area (Å²) in [6.45, 7) is 7.47. The van der Waals surface area contributed by atoms with E-state index in [0.717, 1.165) is 43.3 Å². The van der Waals surface area contributed by atoms with Crippen LogP contribution in [0, 0.1) is 17.8 Å². The number of rotatable bonds is 10. The number of hydrogen-bond donors (Lipinski definition) is 0. The molecule has 0 atom stereocenters. The zero-order valence-corrected chi connectivity index (χ0v) is 18.7. The number of benzene rings is 1. The lowest BCUT2D eigenvalue weighted by molar-refractivity contribution is 0.148. The largest absolute Gasteiger partial charge is 0.373 e. The molecule has 29 heavy (non-hydrogen) atoms. The smallest absolute Gasteiger partial charge is 0.0721 e. The maximum Gasteiger partial charge on any atom is 0.0721 e. The zero-order chi connectivity index (χ0) is 20.3. The first-order chi connectivity index (χ1) is 14.3. The summed E-state index contributed by atoms with van der Waals surface area (Å²) in [7, 11) is 0. The lowest BCUT2D eigenvalue weighted by Crippen LogP contribution is -2.25. The molecule has 0 radical (unpaired) electrons. The molecule has 160 valence electrons. The second-order valence-corrected chi connectivity index (χ2v) is 9.39. The highest BCUT2D eigenvalue weighted by Gasteiger charge is 2.31. The molecule has 0 aliphatic heterocycles. The van der Waals surface area contributed by atoms with Gasteiger partial charge in [-0.05, 0) is 92.6 Å². The second-order valence-electron chi connectivity index (χ2n) is 9.39. The van der Waals surface area contributed by atoms with Crippen molar-refractivity contribution in [2.75, 3.05) is 6.61 Å². The van der Waals surface area contributed by atoms with Gasteiger partial charge in [-0.2, -0.15) is 0 Å². The third kappa shape index (κ3) is 7.14. The van der Waals surface area contributed by atoms with Gasteiger partial charge in [0.2, 0.25) is 0 Å². The zero-order valence-electron chi connectivity index (χ0n) is 18.7. The van der Waals surface area contributed by atoms with E-state index in [1.807, 2.05) is 0 Å². The Morgan fingerprint density at radius 2 is 1.55 bits per heavy atom. The average Bonchev–Trinajstić information content (AvgIpc) is 2.78. The van der Waals surface area contributed by atoms with Crippen molar-refractivity contribution in [1.82, 2.24) is 0 Å². The Hall–Kier alpha value is -1.34. The van der Waals surface area contributed by atoms with Crippen molar-refractivity contribution in [1.29, 1.82) is 0 Å². The van der Waals surface area contributed by atoms with E-state index in [1.165, 1.54) is 69.8 Å². The minimum absolute atomic E-state index is 0.718. The van der Waals surface area contributed by atoms with Crippen LogP contribution in [0.15, 0.2) is 49.1 Å². The summed E-state index contributed by atoms with van der Waals surface area (Å²) in [5.41, 5.74) is 2.84. The molecular weight excluding hydrogens is 352 g/mol. The fraction of sp³-hybridized carbons (Fsp3) is 0.643. The summed E-state index contributed by atoms with van der Waals surface area (Å²) in [5.74, 6) is 3.76. The predicted octanol–water partition coefficient (Wildman–Crippen LogP) is 8.22. The van der Waals surface area contributed by atoms with Gasteiger partial charge in [0.25, 0.3) is 0 Å². The fourth-order valence-electron chi connectivity index (χ4n) is 5.59. The summed E-state index contributed by atoms with van der Waals surface area (Å²) in [6, 6.07) is 9.26. The molecule has 2 aliphatic carbocycles. The highest BCUT2D eigenvalue weighted by molar-refractivity contribution is 5.25. The minimum Gasteiger partial charge on any atom is -0.373 e. The Balaban J connectivity index is 1.38. The van der Waals surface area contributed by atoms with Gasteiger partial charge in [-0.15, -0.1) is 6.58 Å². The number of hydrogen-bond acceptors (Lipinski definition) is 1. The van der Waals surface area contributed by atoms with E-state index in [9.17, 15) is 0 Å². The van der Waals surface area contributed by atoms with Crippen molar-refractivity contribution >= 4 is 0 Å². The van der Waals surface area contributed by atoms with Crippen LogP contribution in [0.2, 0.25) is 0 Å². The highest BCUT2D eigenvalue weighted by Crippen LogP contribution is 2.44. The highest BCUT2D eigenvalue weighted by atomic mass is 16.5. The van der Waals surface area contributed by atoms with E-state index in [4.69, 9.17) is 4.74 Å². The van der Waals surface area contributed by atoms with E-state index in [0.29, 0.717) is 0 Å². The van der Waals surface area contributed by atoms with Gasteiger partial charge in [-0.25, -0.2) is 0 Å². The first kappa shape index (κ1) is 22.3. The molecule has 0 heterocycles. The van der Waals surface area contributed by atoms with Crippen molar-refractivity contribution in [3.8, 4) is 0 Å². The van der Waals surface area contributed by atoms with Crippen molar-refractivity contribution in [3.63, 3.8) is 0 Å². The van der Waals surface area contributed by atoms with Crippen LogP contribution in [0.3, 0.4) is 0 Å². The van der Waals surface area contributed by atoms with Crippen molar-refractivity contribution in [3.05, 3.63) is 60.2 Å². The van der Waals surface area contributed by atoms with Gasteiger partial charge in [0, 0.05) is 0 Å².